The van der Waals surface area contributed by atoms with Gasteiger partial charge in [0.2, 0.25) is 0 Å². The van der Waals surface area contributed by atoms with Crippen molar-refractivity contribution in [2.75, 3.05) is 19.8 Å². The van der Waals surface area contributed by atoms with E-state index in [-0.39, 0.29) is 0 Å². The van der Waals surface area contributed by atoms with Crippen molar-refractivity contribution in [1.29, 1.82) is 0 Å². The Kier molecular flexibility index (Phi) is 4.84. The number of hydrogen-bond acceptors (Lipinski definition) is 3. The van der Waals surface area contributed by atoms with Gasteiger partial charge in [0.05, 0.1) is 13.2 Å². The van der Waals surface area contributed by atoms with E-state index in [2.05, 4.69) is 38.2 Å². The topological polar surface area (TPSA) is 34.4 Å². The van der Waals surface area contributed by atoms with Crippen molar-refractivity contribution in [3.8, 4) is 0 Å². The Bertz CT molecular complexity index is 359. The SMILES string of the molecule is CC(C)COCCNCc1ccc(C2CC2C)o1. The van der Waals surface area contributed by atoms with Crippen LogP contribution in [0.15, 0.2) is 16.5 Å². The second-order valence-electron chi connectivity index (χ2n) is 5.77. The molecule has 3 heteroatoms. The van der Waals surface area contributed by atoms with E-state index in [0.717, 1.165) is 43.7 Å². The first-order chi connectivity index (χ1) is 8.66. The van der Waals surface area contributed by atoms with Gasteiger partial charge < -0.3 is 14.5 Å². The van der Waals surface area contributed by atoms with Crippen molar-refractivity contribution in [1.82, 2.24) is 5.32 Å². The summed E-state index contributed by atoms with van der Waals surface area (Å²) in [4.78, 5) is 0. The number of rotatable bonds is 8. The molecule has 3 nitrogen and oxygen atoms in total. The van der Waals surface area contributed by atoms with Crippen LogP contribution in [0.2, 0.25) is 0 Å². The summed E-state index contributed by atoms with van der Waals surface area (Å²) < 4.78 is 11.3. The maximum absolute atomic E-state index is 5.82. The Balaban J connectivity index is 1.57. The summed E-state index contributed by atoms with van der Waals surface area (Å²) in [5.74, 6) is 4.29. The Hall–Kier alpha value is -0.800. The standard InChI is InChI=1S/C15H25NO2/c1-11(2)10-17-7-6-16-9-13-4-5-15(18-13)14-8-12(14)3/h4-5,11-12,14,16H,6-10H2,1-3H3. The largest absolute Gasteiger partial charge is 0.464 e. The third kappa shape index (κ3) is 4.14. The Labute approximate surface area is 110 Å². The molecule has 1 saturated carbocycles. The average Bonchev–Trinajstić information content (AvgIpc) is 2.88. The fourth-order valence-electron chi connectivity index (χ4n) is 2.08. The van der Waals surface area contributed by atoms with Gasteiger partial charge in [-0.1, -0.05) is 20.8 Å². The fourth-order valence-corrected chi connectivity index (χ4v) is 2.08. The zero-order valence-corrected chi connectivity index (χ0v) is 11.7. The molecule has 0 amide bonds. The molecular formula is C15H25NO2. The molecule has 1 heterocycles. The van der Waals surface area contributed by atoms with E-state index in [9.17, 15) is 0 Å². The Morgan fingerprint density at radius 1 is 1.44 bits per heavy atom. The highest BCUT2D eigenvalue weighted by atomic mass is 16.5. The maximum atomic E-state index is 5.82. The van der Waals surface area contributed by atoms with Crippen LogP contribution in [0, 0.1) is 11.8 Å². The van der Waals surface area contributed by atoms with Crippen LogP contribution in [-0.4, -0.2) is 19.8 Å². The van der Waals surface area contributed by atoms with E-state index in [0.29, 0.717) is 11.8 Å². The van der Waals surface area contributed by atoms with Crippen molar-refractivity contribution >= 4 is 0 Å². The van der Waals surface area contributed by atoms with E-state index in [1.54, 1.807) is 0 Å². The zero-order valence-electron chi connectivity index (χ0n) is 11.7. The summed E-state index contributed by atoms with van der Waals surface area (Å²) in [6.07, 6.45) is 1.28. The van der Waals surface area contributed by atoms with E-state index in [4.69, 9.17) is 9.15 Å². The minimum absolute atomic E-state index is 0.609. The summed E-state index contributed by atoms with van der Waals surface area (Å²) >= 11 is 0. The summed E-state index contributed by atoms with van der Waals surface area (Å²) in [5, 5.41) is 3.34. The van der Waals surface area contributed by atoms with Crippen molar-refractivity contribution < 1.29 is 9.15 Å². The molecule has 1 aromatic rings. The molecule has 2 unspecified atom stereocenters. The fraction of sp³-hybridized carbons (Fsp3) is 0.733. The molecule has 0 saturated heterocycles. The molecule has 1 fully saturated rings. The average molecular weight is 251 g/mol. The minimum Gasteiger partial charge on any atom is -0.464 e. The lowest BCUT2D eigenvalue weighted by Gasteiger charge is -2.07. The quantitative estimate of drug-likeness (QED) is 0.721. The van der Waals surface area contributed by atoms with Crippen molar-refractivity contribution in [3.05, 3.63) is 23.7 Å². The monoisotopic (exact) mass is 251 g/mol. The smallest absolute Gasteiger partial charge is 0.117 e. The molecule has 0 bridgehead atoms. The van der Waals surface area contributed by atoms with E-state index in [1.807, 2.05) is 0 Å². The van der Waals surface area contributed by atoms with Gasteiger partial charge in [0.25, 0.3) is 0 Å². The summed E-state index contributed by atoms with van der Waals surface area (Å²) in [7, 11) is 0. The van der Waals surface area contributed by atoms with Crippen LogP contribution >= 0.6 is 0 Å². The van der Waals surface area contributed by atoms with Crippen LogP contribution in [0.1, 0.15) is 44.6 Å². The molecule has 0 aliphatic heterocycles. The van der Waals surface area contributed by atoms with Gasteiger partial charge in [0, 0.05) is 19.1 Å². The van der Waals surface area contributed by atoms with E-state index in [1.165, 1.54) is 6.42 Å². The number of furan rings is 1. The molecule has 0 radical (unpaired) electrons. The van der Waals surface area contributed by atoms with Crippen LogP contribution in [0.4, 0.5) is 0 Å². The summed E-state index contributed by atoms with van der Waals surface area (Å²) in [6, 6.07) is 4.21. The molecule has 1 aromatic heterocycles. The third-order valence-corrected chi connectivity index (χ3v) is 3.33. The summed E-state index contributed by atoms with van der Waals surface area (Å²) in [5.41, 5.74) is 0. The molecule has 2 atom stereocenters. The lowest BCUT2D eigenvalue weighted by atomic mass is 10.2. The second kappa shape index (κ2) is 6.39. The Morgan fingerprint density at radius 3 is 2.89 bits per heavy atom. The van der Waals surface area contributed by atoms with Crippen LogP contribution in [0.3, 0.4) is 0 Å². The normalized spacial score (nSPS) is 22.7. The van der Waals surface area contributed by atoms with Crippen molar-refractivity contribution in [2.45, 2.75) is 39.7 Å². The minimum atomic E-state index is 0.609. The lowest BCUT2D eigenvalue weighted by molar-refractivity contribution is 0.111. The van der Waals surface area contributed by atoms with Crippen LogP contribution < -0.4 is 5.32 Å². The molecule has 0 spiro atoms. The number of nitrogens with one attached hydrogen (secondary N) is 1. The predicted molar refractivity (Wildman–Crippen MR) is 72.6 cm³/mol. The van der Waals surface area contributed by atoms with Crippen molar-refractivity contribution in [3.63, 3.8) is 0 Å². The molecular weight excluding hydrogens is 226 g/mol. The van der Waals surface area contributed by atoms with Gasteiger partial charge in [-0.05, 0) is 30.4 Å². The second-order valence-corrected chi connectivity index (χ2v) is 5.77. The zero-order chi connectivity index (χ0) is 13.0. The van der Waals surface area contributed by atoms with Gasteiger partial charge in [-0.3, -0.25) is 0 Å². The van der Waals surface area contributed by atoms with Crippen molar-refractivity contribution in [2.24, 2.45) is 11.8 Å². The molecule has 102 valence electrons. The molecule has 2 rings (SSSR count). The lowest BCUT2D eigenvalue weighted by Crippen LogP contribution is -2.20. The van der Waals surface area contributed by atoms with E-state index < -0.39 is 0 Å². The predicted octanol–water partition coefficient (Wildman–Crippen LogP) is 3.17. The molecule has 1 aliphatic carbocycles. The van der Waals surface area contributed by atoms with E-state index >= 15 is 0 Å². The van der Waals surface area contributed by atoms with Gasteiger partial charge >= 0.3 is 0 Å². The highest BCUT2D eigenvalue weighted by Gasteiger charge is 2.36. The number of hydrogen-bond donors (Lipinski definition) is 1. The van der Waals surface area contributed by atoms with Crippen LogP contribution in [0.25, 0.3) is 0 Å². The molecule has 0 aromatic carbocycles. The Morgan fingerprint density at radius 2 is 2.22 bits per heavy atom. The first-order valence-corrected chi connectivity index (χ1v) is 7.04. The first-order valence-electron chi connectivity index (χ1n) is 7.04. The highest BCUT2D eigenvalue weighted by molar-refractivity contribution is 5.17. The van der Waals surface area contributed by atoms with Gasteiger partial charge in [0.1, 0.15) is 11.5 Å². The van der Waals surface area contributed by atoms with Gasteiger partial charge in [-0.25, -0.2) is 0 Å². The highest BCUT2D eigenvalue weighted by Crippen LogP contribution is 2.47. The van der Waals surface area contributed by atoms with Crippen LogP contribution in [0.5, 0.6) is 0 Å². The van der Waals surface area contributed by atoms with Gasteiger partial charge in [-0.15, -0.1) is 0 Å². The molecule has 1 aliphatic rings. The molecule has 1 N–H and O–H groups in total. The van der Waals surface area contributed by atoms with Crippen LogP contribution in [-0.2, 0) is 11.3 Å². The maximum Gasteiger partial charge on any atom is 0.117 e. The first kappa shape index (κ1) is 13.6. The number of ether oxygens (including phenoxy) is 1. The summed E-state index contributed by atoms with van der Waals surface area (Å²) in [6.45, 7) is 9.89. The van der Waals surface area contributed by atoms with Gasteiger partial charge in [-0.2, -0.15) is 0 Å². The third-order valence-electron chi connectivity index (χ3n) is 3.33. The molecule has 18 heavy (non-hydrogen) atoms. The van der Waals surface area contributed by atoms with Gasteiger partial charge in [0.15, 0.2) is 0 Å².